The standard InChI is InChI=1S/C16H24N2O2.ClH/c1-12-4-5-15(13(2)10-12)20-11-16(19)18-8-6-14(17-3)7-9-18;/h4-5,10,14,17H,6-9,11H2,1-3H3;1H. The number of carbonyl (C=O) groups is 1. The molecule has 0 radical (unpaired) electrons. The number of likely N-dealkylation sites (tertiary alicyclic amines) is 1. The fraction of sp³-hybridized carbons (Fsp3) is 0.562. The Morgan fingerprint density at radius 3 is 2.57 bits per heavy atom. The minimum atomic E-state index is 0. The van der Waals surface area contributed by atoms with Crippen molar-refractivity contribution < 1.29 is 9.53 Å². The van der Waals surface area contributed by atoms with Crippen LogP contribution in [0.2, 0.25) is 0 Å². The average Bonchev–Trinajstić information content (AvgIpc) is 2.46. The number of hydrogen-bond acceptors (Lipinski definition) is 3. The van der Waals surface area contributed by atoms with Crippen molar-refractivity contribution >= 4 is 18.3 Å². The Hall–Kier alpha value is -1.26. The van der Waals surface area contributed by atoms with E-state index in [9.17, 15) is 4.79 Å². The number of halogens is 1. The molecule has 118 valence electrons. The number of nitrogens with zero attached hydrogens (tertiary/aromatic N) is 1. The Morgan fingerprint density at radius 1 is 1.33 bits per heavy atom. The number of piperidine rings is 1. The van der Waals surface area contributed by atoms with Gasteiger partial charge in [-0.2, -0.15) is 0 Å². The Kier molecular flexibility index (Phi) is 6.99. The fourth-order valence-corrected chi connectivity index (χ4v) is 2.61. The molecule has 0 bridgehead atoms. The first kappa shape index (κ1) is 17.8. The summed E-state index contributed by atoms with van der Waals surface area (Å²) in [6.45, 7) is 5.83. The van der Waals surface area contributed by atoms with Crippen molar-refractivity contribution in [1.29, 1.82) is 0 Å². The van der Waals surface area contributed by atoms with Gasteiger partial charge in [0.1, 0.15) is 5.75 Å². The van der Waals surface area contributed by atoms with Crippen molar-refractivity contribution in [3.63, 3.8) is 0 Å². The maximum atomic E-state index is 12.1. The molecule has 5 heteroatoms. The van der Waals surface area contributed by atoms with E-state index in [-0.39, 0.29) is 24.9 Å². The summed E-state index contributed by atoms with van der Waals surface area (Å²) in [5.41, 5.74) is 2.28. The van der Waals surface area contributed by atoms with Gasteiger partial charge in [0, 0.05) is 19.1 Å². The van der Waals surface area contributed by atoms with E-state index < -0.39 is 0 Å². The summed E-state index contributed by atoms with van der Waals surface area (Å²) in [6.07, 6.45) is 2.04. The monoisotopic (exact) mass is 312 g/mol. The van der Waals surface area contributed by atoms with Crippen molar-refractivity contribution in [2.75, 3.05) is 26.7 Å². The highest BCUT2D eigenvalue weighted by Crippen LogP contribution is 2.19. The minimum absolute atomic E-state index is 0. The van der Waals surface area contributed by atoms with E-state index in [2.05, 4.69) is 11.4 Å². The molecule has 1 N–H and O–H groups in total. The molecule has 1 aromatic rings. The molecule has 1 aliphatic rings. The number of nitrogens with one attached hydrogen (secondary N) is 1. The number of benzene rings is 1. The van der Waals surface area contributed by atoms with Gasteiger partial charge in [0.05, 0.1) is 0 Å². The highest BCUT2D eigenvalue weighted by atomic mass is 35.5. The van der Waals surface area contributed by atoms with Gasteiger partial charge in [-0.1, -0.05) is 17.7 Å². The Balaban J connectivity index is 0.00000220. The van der Waals surface area contributed by atoms with Crippen LogP contribution in [0.25, 0.3) is 0 Å². The summed E-state index contributed by atoms with van der Waals surface area (Å²) in [5, 5.41) is 3.26. The molecule has 1 aliphatic heterocycles. The van der Waals surface area contributed by atoms with Crippen molar-refractivity contribution in [2.24, 2.45) is 0 Å². The lowest BCUT2D eigenvalue weighted by Crippen LogP contribution is -2.45. The molecule has 0 aliphatic carbocycles. The Labute approximate surface area is 133 Å². The van der Waals surface area contributed by atoms with E-state index in [4.69, 9.17) is 4.74 Å². The molecule has 0 atom stereocenters. The van der Waals surface area contributed by atoms with Crippen LogP contribution in [0.4, 0.5) is 0 Å². The molecular weight excluding hydrogens is 288 g/mol. The first-order valence-electron chi connectivity index (χ1n) is 7.25. The lowest BCUT2D eigenvalue weighted by molar-refractivity contribution is -0.134. The summed E-state index contributed by atoms with van der Waals surface area (Å²) in [5.74, 6) is 0.883. The largest absolute Gasteiger partial charge is 0.484 e. The quantitative estimate of drug-likeness (QED) is 0.927. The van der Waals surface area contributed by atoms with Crippen LogP contribution < -0.4 is 10.1 Å². The SMILES string of the molecule is CNC1CCN(C(=O)COc2ccc(C)cc2C)CC1.Cl. The number of carbonyl (C=O) groups excluding carboxylic acids is 1. The molecule has 1 saturated heterocycles. The summed E-state index contributed by atoms with van der Waals surface area (Å²) >= 11 is 0. The zero-order valence-corrected chi connectivity index (χ0v) is 13.8. The van der Waals surface area contributed by atoms with E-state index >= 15 is 0 Å². The van der Waals surface area contributed by atoms with Crippen LogP contribution in [-0.2, 0) is 4.79 Å². The van der Waals surface area contributed by atoms with Crippen LogP contribution in [0.1, 0.15) is 24.0 Å². The molecule has 1 heterocycles. The van der Waals surface area contributed by atoms with Gasteiger partial charge in [0.15, 0.2) is 6.61 Å². The Bertz CT molecular complexity index is 471. The van der Waals surface area contributed by atoms with Crippen LogP contribution >= 0.6 is 12.4 Å². The van der Waals surface area contributed by atoms with Gasteiger partial charge < -0.3 is 15.0 Å². The van der Waals surface area contributed by atoms with Gasteiger partial charge >= 0.3 is 0 Å². The van der Waals surface area contributed by atoms with E-state index in [1.165, 1.54) is 5.56 Å². The van der Waals surface area contributed by atoms with Gasteiger partial charge in [0.25, 0.3) is 5.91 Å². The lowest BCUT2D eigenvalue weighted by atomic mass is 10.1. The second-order valence-corrected chi connectivity index (χ2v) is 5.50. The average molecular weight is 313 g/mol. The number of ether oxygens (including phenoxy) is 1. The summed E-state index contributed by atoms with van der Waals surface area (Å²) < 4.78 is 5.65. The van der Waals surface area contributed by atoms with Gasteiger partial charge in [-0.3, -0.25) is 4.79 Å². The van der Waals surface area contributed by atoms with Crippen molar-refractivity contribution in [3.8, 4) is 5.75 Å². The molecule has 0 spiro atoms. The summed E-state index contributed by atoms with van der Waals surface area (Å²) in [4.78, 5) is 14.0. The molecule has 2 rings (SSSR count). The predicted octanol–water partition coefficient (Wildman–Crippen LogP) is 2.31. The van der Waals surface area contributed by atoms with Crippen LogP contribution in [0.5, 0.6) is 5.75 Å². The number of aryl methyl sites for hydroxylation is 2. The third kappa shape index (κ3) is 4.90. The molecule has 1 aromatic carbocycles. The summed E-state index contributed by atoms with van der Waals surface area (Å²) in [6, 6.07) is 6.55. The van der Waals surface area contributed by atoms with Crippen LogP contribution in [0.15, 0.2) is 18.2 Å². The maximum absolute atomic E-state index is 12.1. The topological polar surface area (TPSA) is 41.6 Å². The molecule has 0 unspecified atom stereocenters. The molecule has 1 fully saturated rings. The highest BCUT2D eigenvalue weighted by molar-refractivity contribution is 5.85. The van der Waals surface area contributed by atoms with Gasteiger partial charge in [-0.05, 0) is 45.4 Å². The normalized spacial score (nSPS) is 15.5. The van der Waals surface area contributed by atoms with E-state index in [1.807, 2.05) is 37.9 Å². The molecular formula is C16H25ClN2O2. The Morgan fingerprint density at radius 2 is 2.00 bits per heavy atom. The lowest BCUT2D eigenvalue weighted by Gasteiger charge is -2.31. The molecule has 0 aromatic heterocycles. The van der Waals surface area contributed by atoms with Crippen LogP contribution in [-0.4, -0.2) is 43.6 Å². The van der Waals surface area contributed by atoms with Crippen molar-refractivity contribution in [2.45, 2.75) is 32.7 Å². The third-order valence-electron chi connectivity index (χ3n) is 3.94. The fourth-order valence-electron chi connectivity index (χ4n) is 2.61. The first-order chi connectivity index (χ1) is 9.60. The van der Waals surface area contributed by atoms with E-state index in [0.29, 0.717) is 6.04 Å². The van der Waals surface area contributed by atoms with Crippen LogP contribution in [0, 0.1) is 13.8 Å². The highest BCUT2D eigenvalue weighted by Gasteiger charge is 2.21. The minimum Gasteiger partial charge on any atom is -0.484 e. The van der Waals surface area contributed by atoms with Crippen molar-refractivity contribution in [1.82, 2.24) is 10.2 Å². The molecule has 21 heavy (non-hydrogen) atoms. The number of rotatable bonds is 4. The second kappa shape index (κ2) is 8.25. The van der Waals surface area contributed by atoms with Crippen molar-refractivity contribution in [3.05, 3.63) is 29.3 Å². The van der Waals surface area contributed by atoms with Crippen LogP contribution in [0.3, 0.4) is 0 Å². The number of amides is 1. The van der Waals surface area contributed by atoms with E-state index in [1.54, 1.807) is 0 Å². The zero-order chi connectivity index (χ0) is 14.5. The predicted molar refractivity (Wildman–Crippen MR) is 87.3 cm³/mol. The molecule has 4 nitrogen and oxygen atoms in total. The zero-order valence-electron chi connectivity index (χ0n) is 13.0. The smallest absolute Gasteiger partial charge is 0.260 e. The molecule has 1 amide bonds. The molecule has 0 saturated carbocycles. The second-order valence-electron chi connectivity index (χ2n) is 5.50. The maximum Gasteiger partial charge on any atom is 0.260 e. The van der Waals surface area contributed by atoms with Gasteiger partial charge in [-0.25, -0.2) is 0 Å². The first-order valence-corrected chi connectivity index (χ1v) is 7.25. The van der Waals surface area contributed by atoms with Gasteiger partial charge in [-0.15, -0.1) is 12.4 Å². The number of hydrogen-bond donors (Lipinski definition) is 1. The van der Waals surface area contributed by atoms with Gasteiger partial charge in [0.2, 0.25) is 0 Å². The van der Waals surface area contributed by atoms with E-state index in [0.717, 1.165) is 37.2 Å². The summed E-state index contributed by atoms with van der Waals surface area (Å²) in [7, 11) is 1.98. The third-order valence-corrected chi connectivity index (χ3v) is 3.94.